The van der Waals surface area contributed by atoms with Gasteiger partial charge in [0.25, 0.3) is 0 Å². The predicted octanol–water partition coefficient (Wildman–Crippen LogP) is 0.515. The Morgan fingerprint density at radius 3 is 2.72 bits per heavy atom. The molecule has 0 bridgehead atoms. The van der Waals surface area contributed by atoms with Gasteiger partial charge in [0.05, 0.1) is 6.10 Å². The van der Waals surface area contributed by atoms with E-state index in [9.17, 15) is 5.11 Å². The van der Waals surface area contributed by atoms with Crippen molar-refractivity contribution in [2.24, 2.45) is 0 Å². The molecule has 2 fully saturated rings. The Bertz CT molecular complexity index is 247. The second-order valence-corrected chi connectivity index (χ2v) is 6.12. The van der Waals surface area contributed by atoms with E-state index in [0.29, 0.717) is 12.1 Å². The van der Waals surface area contributed by atoms with E-state index in [1.807, 2.05) is 0 Å². The molecule has 1 aliphatic heterocycles. The van der Waals surface area contributed by atoms with E-state index in [4.69, 9.17) is 0 Å². The summed E-state index contributed by atoms with van der Waals surface area (Å²) in [5.41, 5.74) is 0. The Morgan fingerprint density at radius 1 is 1.11 bits per heavy atom. The van der Waals surface area contributed by atoms with Crippen LogP contribution in [0.4, 0.5) is 0 Å². The van der Waals surface area contributed by atoms with Crippen molar-refractivity contribution in [3.8, 4) is 0 Å². The number of nitrogens with one attached hydrogen (secondary N) is 1. The van der Waals surface area contributed by atoms with E-state index in [0.717, 1.165) is 32.5 Å². The third-order valence-corrected chi connectivity index (χ3v) is 4.58. The standard InChI is InChI=1S/C14H29N3O/c1-16-8-9-17(2)12(11-16)10-15-13-6-4-3-5-7-14(13)18/h12-15,18H,3-11H2,1-2H3. The molecule has 3 atom stereocenters. The van der Waals surface area contributed by atoms with Gasteiger partial charge in [0, 0.05) is 38.3 Å². The Morgan fingerprint density at radius 2 is 1.89 bits per heavy atom. The van der Waals surface area contributed by atoms with E-state index in [1.54, 1.807) is 0 Å². The van der Waals surface area contributed by atoms with Gasteiger partial charge < -0.3 is 15.3 Å². The maximum absolute atomic E-state index is 10.1. The summed E-state index contributed by atoms with van der Waals surface area (Å²) in [6.45, 7) is 4.45. The normalized spacial score (nSPS) is 36.5. The maximum Gasteiger partial charge on any atom is 0.0693 e. The Balaban J connectivity index is 1.78. The van der Waals surface area contributed by atoms with Gasteiger partial charge in [-0.25, -0.2) is 0 Å². The first kappa shape index (κ1) is 14.3. The van der Waals surface area contributed by atoms with Crippen molar-refractivity contribution in [3.05, 3.63) is 0 Å². The minimum Gasteiger partial charge on any atom is -0.392 e. The molecule has 0 aromatic carbocycles. The fourth-order valence-electron chi connectivity index (χ4n) is 3.14. The fourth-order valence-corrected chi connectivity index (χ4v) is 3.14. The molecule has 2 N–H and O–H groups in total. The lowest BCUT2D eigenvalue weighted by Gasteiger charge is -2.38. The van der Waals surface area contributed by atoms with Crippen molar-refractivity contribution in [2.45, 2.75) is 50.3 Å². The first-order valence-corrected chi connectivity index (χ1v) is 7.47. The Kier molecular flexibility index (Phi) is 5.42. The van der Waals surface area contributed by atoms with Gasteiger partial charge in [-0.15, -0.1) is 0 Å². The molecule has 2 rings (SSSR count). The molecule has 0 radical (unpaired) electrons. The van der Waals surface area contributed by atoms with Crippen LogP contribution in [0.15, 0.2) is 0 Å². The largest absolute Gasteiger partial charge is 0.392 e. The molecule has 0 aromatic rings. The molecule has 1 aliphatic carbocycles. The van der Waals surface area contributed by atoms with Crippen LogP contribution in [0, 0.1) is 0 Å². The lowest BCUT2D eigenvalue weighted by atomic mass is 10.1. The van der Waals surface area contributed by atoms with Gasteiger partial charge in [-0.05, 0) is 26.9 Å². The second kappa shape index (κ2) is 6.85. The Labute approximate surface area is 111 Å². The molecule has 2 aliphatic rings. The van der Waals surface area contributed by atoms with Crippen molar-refractivity contribution >= 4 is 0 Å². The zero-order chi connectivity index (χ0) is 13.0. The summed E-state index contributed by atoms with van der Waals surface area (Å²) in [6.07, 6.45) is 5.69. The monoisotopic (exact) mass is 255 g/mol. The van der Waals surface area contributed by atoms with E-state index in [1.165, 1.54) is 25.8 Å². The van der Waals surface area contributed by atoms with Crippen LogP contribution in [0.5, 0.6) is 0 Å². The highest BCUT2D eigenvalue weighted by molar-refractivity contribution is 4.85. The lowest BCUT2D eigenvalue weighted by Crippen LogP contribution is -2.55. The lowest BCUT2D eigenvalue weighted by molar-refractivity contribution is 0.0900. The predicted molar refractivity (Wildman–Crippen MR) is 74.8 cm³/mol. The van der Waals surface area contributed by atoms with Crippen molar-refractivity contribution in [1.29, 1.82) is 0 Å². The molecular weight excluding hydrogens is 226 g/mol. The van der Waals surface area contributed by atoms with E-state index < -0.39 is 0 Å². The minimum atomic E-state index is -0.140. The van der Waals surface area contributed by atoms with Gasteiger partial charge in [0.2, 0.25) is 0 Å². The average Bonchev–Trinajstić information content (AvgIpc) is 2.55. The van der Waals surface area contributed by atoms with Crippen LogP contribution in [-0.4, -0.2) is 73.4 Å². The second-order valence-electron chi connectivity index (χ2n) is 6.12. The molecule has 106 valence electrons. The molecule has 3 unspecified atom stereocenters. The summed E-state index contributed by atoms with van der Waals surface area (Å²) >= 11 is 0. The molecule has 4 nitrogen and oxygen atoms in total. The maximum atomic E-state index is 10.1. The average molecular weight is 255 g/mol. The van der Waals surface area contributed by atoms with Gasteiger partial charge >= 0.3 is 0 Å². The summed E-state index contributed by atoms with van der Waals surface area (Å²) in [4.78, 5) is 4.84. The highest BCUT2D eigenvalue weighted by Gasteiger charge is 2.25. The van der Waals surface area contributed by atoms with E-state index in [-0.39, 0.29) is 6.10 Å². The first-order valence-electron chi connectivity index (χ1n) is 7.47. The zero-order valence-corrected chi connectivity index (χ0v) is 11.9. The topological polar surface area (TPSA) is 38.7 Å². The third-order valence-electron chi connectivity index (χ3n) is 4.58. The SMILES string of the molecule is CN1CCN(C)C(CNC2CCCCCC2O)C1. The summed E-state index contributed by atoms with van der Waals surface area (Å²) in [5, 5.41) is 13.7. The number of piperazine rings is 1. The molecule has 1 heterocycles. The molecular formula is C14H29N3O. The number of aliphatic hydroxyl groups is 1. The zero-order valence-electron chi connectivity index (χ0n) is 11.9. The van der Waals surface area contributed by atoms with Crippen LogP contribution in [0.1, 0.15) is 32.1 Å². The van der Waals surface area contributed by atoms with Crippen molar-refractivity contribution in [2.75, 3.05) is 40.3 Å². The van der Waals surface area contributed by atoms with E-state index >= 15 is 0 Å². The van der Waals surface area contributed by atoms with Gasteiger partial charge in [-0.3, -0.25) is 4.90 Å². The summed E-state index contributed by atoms with van der Waals surface area (Å²) < 4.78 is 0. The fraction of sp³-hybridized carbons (Fsp3) is 1.00. The molecule has 0 aromatic heterocycles. The van der Waals surface area contributed by atoms with Gasteiger partial charge in [-0.2, -0.15) is 0 Å². The highest BCUT2D eigenvalue weighted by Crippen LogP contribution is 2.18. The number of nitrogens with zero attached hydrogens (tertiary/aromatic N) is 2. The van der Waals surface area contributed by atoms with Gasteiger partial charge in [0.15, 0.2) is 0 Å². The summed E-state index contributed by atoms with van der Waals surface area (Å²) in [6, 6.07) is 0.896. The minimum absolute atomic E-state index is 0.140. The molecule has 18 heavy (non-hydrogen) atoms. The molecule has 0 amide bonds. The third kappa shape index (κ3) is 3.92. The van der Waals surface area contributed by atoms with Crippen LogP contribution < -0.4 is 5.32 Å². The quantitative estimate of drug-likeness (QED) is 0.721. The number of rotatable bonds is 3. The van der Waals surface area contributed by atoms with Crippen molar-refractivity contribution in [1.82, 2.24) is 15.1 Å². The van der Waals surface area contributed by atoms with Crippen LogP contribution in [-0.2, 0) is 0 Å². The molecule has 4 heteroatoms. The Hall–Kier alpha value is -0.160. The van der Waals surface area contributed by atoms with E-state index in [2.05, 4.69) is 29.2 Å². The highest BCUT2D eigenvalue weighted by atomic mass is 16.3. The van der Waals surface area contributed by atoms with Gasteiger partial charge in [0.1, 0.15) is 0 Å². The number of hydrogen-bond donors (Lipinski definition) is 2. The number of likely N-dealkylation sites (N-methyl/N-ethyl adjacent to an activating group) is 2. The molecule has 1 saturated carbocycles. The molecule has 0 spiro atoms. The smallest absolute Gasteiger partial charge is 0.0693 e. The van der Waals surface area contributed by atoms with Crippen LogP contribution >= 0.6 is 0 Å². The van der Waals surface area contributed by atoms with Crippen LogP contribution in [0.2, 0.25) is 0 Å². The van der Waals surface area contributed by atoms with Crippen LogP contribution in [0.25, 0.3) is 0 Å². The van der Waals surface area contributed by atoms with Gasteiger partial charge in [-0.1, -0.05) is 19.3 Å². The summed E-state index contributed by atoms with van der Waals surface area (Å²) in [7, 11) is 4.41. The molecule has 1 saturated heterocycles. The number of hydrogen-bond acceptors (Lipinski definition) is 4. The summed E-state index contributed by atoms with van der Waals surface area (Å²) in [5.74, 6) is 0. The first-order chi connectivity index (χ1) is 8.66. The van der Waals surface area contributed by atoms with Crippen molar-refractivity contribution < 1.29 is 5.11 Å². The van der Waals surface area contributed by atoms with Crippen molar-refractivity contribution in [3.63, 3.8) is 0 Å². The number of aliphatic hydroxyl groups excluding tert-OH is 1. The van der Waals surface area contributed by atoms with Crippen LogP contribution in [0.3, 0.4) is 0 Å².